The van der Waals surface area contributed by atoms with Crippen LogP contribution in [0.25, 0.3) is 0 Å². The Labute approximate surface area is 141 Å². The zero-order valence-corrected chi connectivity index (χ0v) is 13.6. The smallest absolute Gasteiger partial charge is 0.330 e. The zero-order valence-electron chi connectivity index (χ0n) is 12.8. The molecule has 1 N–H and O–H groups in total. The van der Waals surface area contributed by atoms with Gasteiger partial charge in [-0.1, -0.05) is 0 Å². The van der Waals surface area contributed by atoms with E-state index in [-0.39, 0.29) is 17.5 Å². The number of alkyl halides is 3. The molecule has 0 saturated carbocycles. The maximum atomic E-state index is 12.6. The van der Waals surface area contributed by atoms with Crippen molar-refractivity contribution in [2.24, 2.45) is 0 Å². The van der Waals surface area contributed by atoms with E-state index in [0.29, 0.717) is 6.54 Å². The Morgan fingerprint density at radius 1 is 1.20 bits per heavy atom. The van der Waals surface area contributed by atoms with Crippen molar-refractivity contribution < 1.29 is 26.4 Å². The largest absolute Gasteiger partial charge is 0.501 e. The van der Waals surface area contributed by atoms with Crippen LogP contribution in [0.5, 0.6) is 0 Å². The van der Waals surface area contributed by atoms with Crippen LogP contribution < -0.4 is 0 Å². The summed E-state index contributed by atoms with van der Waals surface area (Å²) in [6.07, 6.45) is 3.11. The number of carbonyl (C=O) groups excluding carboxylic acids is 1. The number of hydrogen-bond acceptors (Lipinski definition) is 4. The Morgan fingerprint density at radius 2 is 1.88 bits per heavy atom. The molecule has 1 aliphatic rings. The summed E-state index contributed by atoms with van der Waals surface area (Å²) in [6.45, 7) is 0.505. The predicted octanol–water partition coefficient (Wildman–Crippen LogP) is 2.68. The molecule has 1 aliphatic heterocycles. The summed E-state index contributed by atoms with van der Waals surface area (Å²) < 4.78 is 60.4. The third-order valence-corrected chi connectivity index (χ3v) is 5.61. The Bertz CT molecular complexity index is 862. The van der Waals surface area contributed by atoms with Gasteiger partial charge in [0.1, 0.15) is 0 Å². The first-order chi connectivity index (χ1) is 11.7. The number of rotatable bonds is 3. The molecule has 134 valence electrons. The van der Waals surface area contributed by atoms with Crippen LogP contribution in [0.1, 0.15) is 34.9 Å². The van der Waals surface area contributed by atoms with Crippen LogP contribution in [0, 0.1) is 0 Å². The molecule has 1 atom stereocenters. The highest BCUT2D eigenvalue weighted by molar-refractivity contribution is 7.92. The Hall–Kier alpha value is -2.36. The lowest BCUT2D eigenvalue weighted by molar-refractivity contribution is -0.0436. The van der Waals surface area contributed by atoms with Gasteiger partial charge in [-0.2, -0.15) is 18.3 Å². The molecule has 1 amide bonds. The van der Waals surface area contributed by atoms with Crippen molar-refractivity contribution in [3.63, 3.8) is 0 Å². The van der Waals surface area contributed by atoms with Crippen molar-refractivity contribution in [2.75, 3.05) is 6.54 Å². The van der Waals surface area contributed by atoms with Crippen LogP contribution in [0.3, 0.4) is 0 Å². The van der Waals surface area contributed by atoms with E-state index in [2.05, 4.69) is 10.2 Å². The fourth-order valence-electron chi connectivity index (χ4n) is 2.86. The highest BCUT2D eigenvalue weighted by Gasteiger charge is 2.46. The summed E-state index contributed by atoms with van der Waals surface area (Å²) in [7, 11) is -5.42. The molecule has 0 bridgehead atoms. The third-order valence-electron chi connectivity index (χ3n) is 4.11. The molecule has 1 aromatic heterocycles. The highest BCUT2D eigenvalue weighted by Crippen LogP contribution is 2.33. The van der Waals surface area contributed by atoms with E-state index >= 15 is 0 Å². The van der Waals surface area contributed by atoms with Crippen molar-refractivity contribution >= 4 is 15.7 Å². The van der Waals surface area contributed by atoms with Gasteiger partial charge in [-0.25, -0.2) is 8.42 Å². The summed E-state index contributed by atoms with van der Waals surface area (Å²) in [6, 6.07) is 5.38. The Balaban J connectivity index is 1.84. The first-order valence-electron chi connectivity index (χ1n) is 7.43. The summed E-state index contributed by atoms with van der Waals surface area (Å²) in [5.74, 6) is -0.368. The summed E-state index contributed by atoms with van der Waals surface area (Å²) >= 11 is 0. The van der Waals surface area contributed by atoms with Crippen molar-refractivity contribution in [3.05, 3.63) is 47.8 Å². The maximum absolute atomic E-state index is 12.6. The highest BCUT2D eigenvalue weighted by atomic mass is 32.2. The average Bonchev–Trinajstić information content (AvgIpc) is 3.24. The standard InChI is InChI=1S/C15H14F3N3O3S/c16-15(17,18)25(23,24)11-5-3-10(4-6-11)14(22)21-9-1-2-13(21)12-7-8-19-20-12/h3-8,13H,1-2,9H2,(H,19,20). The van der Waals surface area contributed by atoms with E-state index in [4.69, 9.17) is 0 Å². The van der Waals surface area contributed by atoms with Gasteiger partial charge in [0.15, 0.2) is 0 Å². The summed E-state index contributed by atoms with van der Waals surface area (Å²) in [4.78, 5) is 13.3. The Morgan fingerprint density at radius 3 is 2.44 bits per heavy atom. The van der Waals surface area contributed by atoms with E-state index in [1.54, 1.807) is 17.2 Å². The number of aromatic nitrogens is 2. The third kappa shape index (κ3) is 3.13. The molecule has 0 aliphatic carbocycles. The number of amides is 1. The van der Waals surface area contributed by atoms with E-state index in [9.17, 15) is 26.4 Å². The molecule has 1 unspecified atom stereocenters. The molecule has 1 fully saturated rings. The van der Waals surface area contributed by atoms with Gasteiger partial charge in [-0.15, -0.1) is 0 Å². The first kappa shape index (κ1) is 17.5. The fourth-order valence-corrected chi connectivity index (χ4v) is 3.62. The van der Waals surface area contributed by atoms with Crippen LogP contribution >= 0.6 is 0 Å². The number of sulfone groups is 1. The van der Waals surface area contributed by atoms with Crippen molar-refractivity contribution in [3.8, 4) is 0 Å². The van der Waals surface area contributed by atoms with Crippen molar-refractivity contribution in [2.45, 2.75) is 29.3 Å². The average molecular weight is 373 g/mol. The van der Waals surface area contributed by atoms with E-state index in [1.165, 1.54) is 0 Å². The van der Waals surface area contributed by atoms with Crippen molar-refractivity contribution in [1.29, 1.82) is 0 Å². The SMILES string of the molecule is O=C(c1ccc(S(=O)(=O)C(F)(F)F)cc1)N1CCCC1c1ccn[nH]1. The molecule has 0 radical (unpaired) electrons. The second kappa shape index (κ2) is 6.17. The molecule has 2 heterocycles. The molecule has 1 aromatic carbocycles. The number of hydrogen-bond donors (Lipinski definition) is 1. The number of benzene rings is 1. The maximum Gasteiger partial charge on any atom is 0.501 e. The molecular weight excluding hydrogens is 359 g/mol. The second-order valence-corrected chi connectivity index (χ2v) is 7.58. The van der Waals surface area contributed by atoms with Crippen LogP contribution in [0.2, 0.25) is 0 Å². The van der Waals surface area contributed by atoms with Crippen LogP contribution in [0.15, 0.2) is 41.4 Å². The number of likely N-dealkylation sites (tertiary alicyclic amines) is 1. The van der Waals surface area contributed by atoms with Gasteiger partial charge in [0.05, 0.1) is 16.6 Å². The normalized spacial score (nSPS) is 18.5. The number of H-pyrrole nitrogens is 1. The van der Waals surface area contributed by atoms with E-state index in [0.717, 1.165) is 42.8 Å². The molecule has 1 saturated heterocycles. The lowest BCUT2D eigenvalue weighted by atomic mass is 10.1. The number of nitrogens with one attached hydrogen (secondary N) is 1. The predicted molar refractivity (Wildman–Crippen MR) is 81.3 cm³/mol. The second-order valence-electron chi connectivity index (χ2n) is 5.64. The lowest BCUT2D eigenvalue weighted by Crippen LogP contribution is -2.30. The van der Waals surface area contributed by atoms with Gasteiger partial charge >= 0.3 is 5.51 Å². The quantitative estimate of drug-likeness (QED) is 0.897. The van der Waals surface area contributed by atoms with Crippen molar-refractivity contribution in [1.82, 2.24) is 15.1 Å². The topological polar surface area (TPSA) is 83.1 Å². The molecule has 10 heteroatoms. The van der Waals surface area contributed by atoms with Gasteiger partial charge in [-0.05, 0) is 43.2 Å². The monoisotopic (exact) mass is 373 g/mol. The zero-order chi connectivity index (χ0) is 18.2. The molecule has 25 heavy (non-hydrogen) atoms. The van der Waals surface area contributed by atoms with Crippen LogP contribution in [-0.2, 0) is 9.84 Å². The number of halogens is 3. The minimum absolute atomic E-state index is 0.132. The molecule has 3 rings (SSSR count). The lowest BCUT2D eigenvalue weighted by Gasteiger charge is -2.24. The van der Waals surface area contributed by atoms with E-state index in [1.807, 2.05) is 0 Å². The molecular formula is C15H14F3N3O3S. The molecule has 2 aromatic rings. The van der Waals surface area contributed by atoms with Gasteiger partial charge < -0.3 is 4.90 Å². The molecule has 0 spiro atoms. The minimum atomic E-state index is -5.42. The minimum Gasteiger partial charge on any atom is -0.330 e. The number of nitrogens with zero attached hydrogens (tertiary/aromatic N) is 2. The summed E-state index contributed by atoms with van der Waals surface area (Å²) in [5.41, 5.74) is -4.46. The van der Waals surface area contributed by atoms with Gasteiger partial charge in [-0.3, -0.25) is 9.89 Å². The summed E-state index contributed by atoms with van der Waals surface area (Å²) in [5, 5.41) is 6.67. The van der Waals surface area contributed by atoms with Gasteiger partial charge in [0, 0.05) is 18.3 Å². The Kier molecular flexibility index (Phi) is 4.31. The van der Waals surface area contributed by atoms with Gasteiger partial charge in [0.2, 0.25) is 0 Å². The molecule has 6 nitrogen and oxygen atoms in total. The number of aromatic amines is 1. The van der Waals surface area contributed by atoms with Crippen LogP contribution in [0.4, 0.5) is 13.2 Å². The fraction of sp³-hybridized carbons (Fsp3) is 0.333. The van der Waals surface area contributed by atoms with Gasteiger partial charge in [0.25, 0.3) is 15.7 Å². The van der Waals surface area contributed by atoms with E-state index < -0.39 is 20.2 Å². The first-order valence-corrected chi connectivity index (χ1v) is 8.92. The van der Waals surface area contributed by atoms with Crippen LogP contribution in [-0.4, -0.2) is 41.5 Å². The number of carbonyl (C=O) groups is 1.